The number of nitrogens with one attached hydrogen (secondary N) is 1. The second kappa shape index (κ2) is 5.53. The summed E-state index contributed by atoms with van der Waals surface area (Å²) >= 11 is 6.83. The standard InChI is InChI=1S/C17H14Br2N2O2/c18-9-7-12(15(22)13(19)8-9)16-20-14-4-2-1-3-11(14)17(23)21(16)10-5-6-10/h1-4,7-8,10,16,20,22H,5-6H2. The first-order chi connectivity index (χ1) is 11.1. The molecule has 2 aromatic rings. The van der Waals surface area contributed by atoms with E-state index < -0.39 is 0 Å². The highest BCUT2D eigenvalue weighted by Crippen LogP contribution is 2.44. The number of anilines is 1. The van der Waals surface area contributed by atoms with Gasteiger partial charge in [0.1, 0.15) is 11.9 Å². The van der Waals surface area contributed by atoms with E-state index in [1.807, 2.05) is 35.2 Å². The molecule has 1 amide bonds. The zero-order valence-corrected chi connectivity index (χ0v) is 15.3. The van der Waals surface area contributed by atoms with Gasteiger partial charge in [-0.25, -0.2) is 0 Å². The Kier molecular flexibility index (Phi) is 3.61. The van der Waals surface area contributed by atoms with E-state index in [4.69, 9.17) is 0 Å². The molecular weight excluding hydrogens is 424 g/mol. The van der Waals surface area contributed by atoms with Gasteiger partial charge in [0.05, 0.1) is 10.0 Å². The van der Waals surface area contributed by atoms with Crippen molar-refractivity contribution in [2.24, 2.45) is 0 Å². The number of nitrogens with zero attached hydrogens (tertiary/aromatic N) is 1. The number of para-hydroxylation sites is 1. The summed E-state index contributed by atoms with van der Waals surface area (Å²) < 4.78 is 1.45. The number of hydrogen-bond acceptors (Lipinski definition) is 3. The quantitative estimate of drug-likeness (QED) is 0.719. The normalized spacial score (nSPS) is 20.2. The van der Waals surface area contributed by atoms with Crippen molar-refractivity contribution in [2.45, 2.75) is 25.0 Å². The molecule has 1 fully saturated rings. The van der Waals surface area contributed by atoms with Crippen molar-refractivity contribution in [3.8, 4) is 5.75 Å². The zero-order valence-electron chi connectivity index (χ0n) is 12.1. The van der Waals surface area contributed by atoms with E-state index in [1.165, 1.54) is 0 Å². The molecule has 0 aromatic heterocycles. The van der Waals surface area contributed by atoms with Gasteiger partial charge in [-0.1, -0.05) is 28.1 Å². The van der Waals surface area contributed by atoms with Crippen molar-refractivity contribution in [1.29, 1.82) is 0 Å². The van der Waals surface area contributed by atoms with Crippen LogP contribution in [-0.4, -0.2) is 22.0 Å². The van der Waals surface area contributed by atoms with E-state index in [1.54, 1.807) is 6.07 Å². The Balaban J connectivity index is 1.86. The van der Waals surface area contributed by atoms with Crippen LogP contribution in [0.3, 0.4) is 0 Å². The van der Waals surface area contributed by atoms with Gasteiger partial charge < -0.3 is 15.3 Å². The van der Waals surface area contributed by atoms with Crippen LogP contribution in [0.25, 0.3) is 0 Å². The van der Waals surface area contributed by atoms with Gasteiger partial charge in [-0.15, -0.1) is 0 Å². The highest BCUT2D eigenvalue weighted by molar-refractivity contribution is 9.11. The first kappa shape index (κ1) is 15.0. The molecule has 1 saturated carbocycles. The number of amides is 1. The minimum atomic E-state index is -0.376. The number of carbonyl (C=O) groups excluding carboxylic acids is 1. The van der Waals surface area contributed by atoms with E-state index in [9.17, 15) is 9.90 Å². The highest BCUT2D eigenvalue weighted by atomic mass is 79.9. The lowest BCUT2D eigenvalue weighted by atomic mass is 10.0. The van der Waals surface area contributed by atoms with E-state index in [0.717, 1.165) is 23.0 Å². The summed E-state index contributed by atoms with van der Waals surface area (Å²) in [5.41, 5.74) is 2.17. The molecular formula is C17H14Br2N2O2. The average Bonchev–Trinajstić information content (AvgIpc) is 3.35. The lowest BCUT2D eigenvalue weighted by molar-refractivity contribution is 0.0664. The molecule has 0 spiro atoms. The fraction of sp³-hybridized carbons (Fsp3) is 0.235. The lowest BCUT2D eigenvalue weighted by Crippen LogP contribution is -2.44. The molecule has 2 N–H and O–H groups in total. The van der Waals surface area contributed by atoms with Crippen LogP contribution in [0.2, 0.25) is 0 Å². The van der Waals surface area contributed by atoms with Crippen molar-refractivity contribution < 1.29 is 9.90 Å². The van der Waals surface area contributed by atoms with Crippen LogP contribution in [-0.2, 0) is 0 Å². The van der Waals surface area contributed by atoms with Crippen LogP contribution in [0.4, 0.5) is 5.69 Å². The first-order valence-electron chi connectivity index (χ1n) is 7.42. The largest absolute Gasteiger partial charge is 0.506 e. The summed E-state index contributed by atoms with van der Waals surface area (Å²) in [7, 11) is 0. The van der Waals surface area contributed by atoms with Crippen molar-refractivity contribution >= 4 is 43.5 Å². The topological polar surface area (TPSA) is 52.6 Å². The molecule has 1 aliphatic carbocycles. The van der Waals surface area contributed by atoms with Crippen LogP contribution in [0.15, 0.2) is 45.3 Å². The molecule has 2 aromatic carbocycles. The van der Waals surface area contributed by atoms with Crippen molar-refractivity contribution in [3.63, 3.8) is 0 Å². The Bertz CT molecular complexity index is 805. The van der Waals surface area contributed by atoms with Gasteiger partial charge in [-0.3, -0.25) is 4.79 Å². The molecule has 1 heterocycles. The molecule has 1 atom stereocenters. The third-order valence-corrected chi connectivity index (χ3v) is 5.32. The molecule has 1 unspecified atom stereocenters. The summed E-state index contributed by atoms with van der Waals surface area (Å²) in [5, 5.41) is 13.9. The van der Waals surface area contributed by atoms with Crippen molar-refractivity contribution in [1.82, 2.24) is 4.90 Å². The van der Waals surface area contributed by atoms with Crippen LogP contribution < -0.4 is 5.32 Å². The summed E-state index contributed by atoms with van der Waals surface area (Å²) in [6.45, 7) is 0. The monoisotopic (exact) mass is 436 g/mol. The minimum Gasteiger partial charge on any atom is -0.506 e. The van der Waals surface area contributed by atoms with E-state index in [-0.39, 0.29) is 23.9 Å². The predicted molar refractivity (Wildman–Crippen MR) is 95.5 cm³/mol. The van der Waals surface area contributed by atoms with E-state index >= 15 is 0 Å². The summed E-state index contributed by atoms with van der Waals surface area (Å²) in [4.78, 5) is 14.8. The summed E-state index contributed by atoms with van der Waals surface area (Å²) in [6.07, 6.45) is 1.63. The number of fused-ring (bicyclic) bond motifs is 1. The Labute approximate surface area is 150 Å². The molecule has 23 heavy (non-hydrogen) atoms. The van der Waals surface area contributed by atoms with Crippen molar-refractivity contribution in [2.75, 3.05) is 5.32 Å². The van der Waals surface area contributed by atoms with E-state index in [2.05, 4.69) is 37.2 Å². The number of hydrogen-bond donors (Lipinski definition) is 2. The predicted octanol–water partition coefficient (Wildman–Crippen LogP) is 4.65. The van der Waals surface area contributed by atoms with Crippen molar-refractivity contribution in [3.05, 3.63) is 56.5 Å². The van der Waals surface area contributed by atoms with Gasteiger partial charge >= 0.3 is 0 Å². The molecule has 0 saturated heterocycles. The second-order valence-electron chi connectivity index (χ2n) is 5.86. The smallest absolute Gasteiger partial charge is 0.258 e. The number of phenols is 1. The number of carbonyl (C=O) groups is 1. The maximum atomic E-state index is 12.9. The third-order valence-electron chi connectivity index (χ3n) is 4.25. The molecule has 0 radical (unpaired) electrons. The Morgan fingerprint density at radius 1 is 1.17 bits per heavy atom. The van der Waals surface area contributed by atoms with Gasteiger partial charge in [0.15, 0.2) is 0 Å². The molecule has 4 nitrogen and oxygen atoms in total. The highest BCUT2D eigenvalue weighted by Gasteiger charge is 2.43. The second-order valence-corrected chi connectivity index (χ2v) is 7.63. The molecule has 1 aliphatic heterocycles. The number of halogens is 2. The minimum absolute atomic E-state index is 0.0161. The van der Waals surface area contributed by atoms with E-state index in [0.29, 0.717) is 15.6 Å². The van der Waals surface area contributed by atoms with Crippen LogP contribution >= 0.6 is 31.9 Å². The molecule has 118 valence electrons. The van der Waals surface area contributed by atoms with Gasteiger partial charge in [-0.2, -0.15) is 0 Å². The fourth-order valence-corrected chi connectivity index (χ4v) is 4.28. The molecule has 2 aliphatic rings. The zero-order chi connectivity index (χ0) is 16.1. The number of rotatable bonds is 2. The van der Waals surface area contributed by atoms with Crippen LogP contribution in [0.5, 0.6) is 5.75 Å². The Hall–Kier alpha value is -1.53. The third kappa shape index (κ3) is 2.54. The lowest BCUT2D eigenvalue weighted by Gasteiger charge is -2.38. The van der Waals surface area contributed by atoms with Gasteiger partial charge in [0.2, 0.25) is 0 Å². The maximum absolute atomic E-state index is 12.9. The SMILES string of the molecule is O=C1c2ccccc2NC(c2cc(Br)cc(Br)c2O)N1C1CC1. The van der Waals surface area contributed by atoms with Crippen LogP contribution in [0.1, 0.15) is 34.9 Å². The molecule has 4 rings (SSSR count). The molecule has 6 heteroatoms. The summed E-state index contributed by atoms with van der Waals surface area (Å²) in [6, 6.07) is 11.4. The Morgan fingerprint density at radius 3 is 2.65 bits per heavy atom. The maximum Gasteiger partial charge on any atom is 0.258 e. The summed E-state index contributed by atoms with van der Waals surface area (Å²) in [5.74, 6) is 0.172. The van der Waals surface area contributed by atoms with Crippen LogP contribution in [0, 0.1) is 0 Å². The first-order valence-corrected chi connectivity index (χ1v) is 9.01. The van der Waals surface area contributed by atoms with Gasteiger partial charge in [-0.05, 0) is 53.0 Å². The number of phenolic OH excluding ortho intramolecular Hbond substituents is 1. The van der Waals surface area contributed by atoms with Gasteiger partial charge in [0.25, 0.3) is 5.91 Å². The Morgan fingerprint density at radius 2 is 1.91 bits per heavy atom. The molecule has 0 bridgehead atoms. The number of benzene rings is 2. The fourth-order valence-electron chi connectivity index (χ4n) is 3.02. The van der Waals surface area contributed by atoms with Gasteiger partial charge in [0, 0.05) is 21.8 Å². The number of aromatic hydroxyl groups is 1. The average molecular weight is 438 g/mol.